The van der Waals surface area contributed by atoms with Crippen LogP contribution in [0.1, 0.15) is 39.5 Å². The Labute approximate surface area is 79.1 Å². The van der Waals surface area contributed by atoms with E-state index in [0.29, 0.717) is 0 Å². The lowest BCUT2D eigenvalue weighted by Gasteiger charge is -2.30. The van der Waals surface area contributed by atoms with E-state index in [1.165, 1.54) is 19.3 Å². The van der Waals surface area contributed by atoms with Crippen LogP contribution in [0.3, 0.4) is 0 Å². The highest BCUT2D eigenvalue weighted by atomic mass is 15.3. The van der Waals surface area contributed by atoms with Crippen molar-refractivity contribution in [3.63, 3.8) is 0 Å². The Balaban J connectivity index is 2.76. The molecule has 4 nitrogen and oxygen atoms in total. The number of guanidine groups is 1. The molecule has 13 heavy (non-hydrogen) atoms. The molecule has 4 heteroatoms. The minimum atomic E-state index is 0.0360. The van der Waals surface area contributed by atoms with Gasteiger partial charge in [0, 0.05) is 11.1 Å². The monoisotopic (exact) mass is 182 g/mol. The van der Waals surface area contributed by atoms with Crippen LogP contribution in [0.2, 0.25) is 0 Å². The molecule has 0 heterocycles. The molecule has 1 rings (SSSR count). The van der Waals surface area contributed by atoms with Gasteiger partial charge in [-0.1, -0.05) is 20.3 Å². The van der Waals surface area contributed by atoms with Crippen molar-refractivity contribution in [2.45, 2.75) is 39.5 Å². The maximum atomic E-state index is 5.22. The summed E-state index contributed by atoms with van der Waals surface area (Å²) in [6, 6.07) is 0. The average molecular weight is 182 g/mol. The minimum Gasteiger partial charge on any atom is -0.369 e. The van der Waals surface area contributed by atoms with Gasteiger partial charge >= 0.3 is 0 Å². The molecule has 0 aromatic rings. The Morgan fingerprint density at radius 1 is 1.31 bits per heavy atom. The van der Waals surface area contributed by atoms with Crippen molar-refractivity contribution in [3.8, 4) is 0 Å². The van der Waals surface area contributed by atoms with Crippen molar-refractivity contribution in [1.29, 1.82) is 0 Å². The summed E-state index contributed by atoms with van der Waals surface area (Å²) in [7, 11) is 0. The van der Waals surface area contributed by atoms with Gasteiger partial charge in [0.15, 0.2) is 0 Å². The zero-order chi connectivity index (χ0) is 9.90. The molecule has 1 saturated carbocycles. The first-order chi connectivity index (χ1) is 6.02. The maximum absolute atomic E-state index is 5.22. The lowest BCUT2D eigenvalue weighted by Crippen LogP contribution is -2.28. The summed E-state index contributed by atoms with van der Waals surface area (Å²) in [5.41, 5.74) is 11.7. The number of nitrogens with zero attached hydrogens (tertiary/aromatic N) is 2. The molecule has 0 amide bonds. The normalized spacial score (nSPS) is 24.3. The van der Waals surface area contributed by atoms with E-state index in [1.54, 1.807) is 0 Å². The van der Waals surface area contributed by atoms with Crippen molar-refractivity contribution in [2.75, 3.05) is 0 Å². The van der Waals surface area contributed by atoms with E-state index in [-0.39, 0.29) is 11.4 Å². The average Bonchev–Trinajstić information content (AvgIpc) is 2.01. The van der Waals surface area contributed by atoms with Crippen molar-refractivity contribution in [1.82, 2.24) is 0 Å². The van der Waals surface area contributed by atoms with Crippen molar-refractivity contribution in [3.05, 3.63) is 0 Å². The summed E-state index contributed by atoms with van der Waals surface area (Å²) in [4.78, 5) is 0. The lowest BCUT2D eigenvalue weighted by molar-refractivity contribution is 0.409. The van der Waals surface area contributed by atoms with Crippen molar-refractivity contribution in [2.24, 2.45) is 27.1 Å². The molecule has 0 aliphatic heterocycles. The fourth-order valence-corrected chi connectivity index (χ4v) is 1.65. The Morgan fingerprint density at radius 2 is 2.00 bits per heavy atom. The highest BCUT2D eigenvalue weighted by molar-refractivity contribution is 5.90. The zero-order valence-corrected chi connectivity index (χ0v) is 8.38. The fourth-order valence-electron chi connectivity index (χ4n) is 1.65. The SMILES string of the molecule is CC1(C)CCCC/C1=N\N=C(N)N. The Hall–Kier alpha value is -1.06. The Morgan fingerprint density at radius 3 is 2.54 bits per heavy atom. The van der Waals surface area contributed by atoms with Crippen LogP contribution in [0.4, 0.5) is 0 Å². The largest absolute Gasteiger partial charge is 0.369 e. The van der Waals surface area contributed by atoms with Crippen LogP contribution in [0.15, 0.2) is 10.2 Å². The van der Waals surface area contributed by atoms with Gasteiger partial charge in [-0.3, -0.25) is 0 Å². The predicted molar refractivity (Wildman–Crippen MR) is 55.5 cm³/mol. The molecule has 4 N–H and O–H groups in total. The quantitative estimate of drug-likeness (QED) is 0.363. The topological polar surface area (TPSA) is 76.8 Å². The molecule has 1 fully saturated rings. The third-order valence-electron chi connectivity index (χ3n) is 2.53. The number of nitrogens with two attached hydrogens (primary N) is 2. The van der Waals surface area contributed by atoms with Gasteiger partial charge in [-0.15, -0.1) is 5.10 Å². The zero-order valence-electron chi connectivity index (χ0n) is 8.38. The third-order valence-corrected chi connectivity index (χ3v) is 2.53. The van der Waals surface area contributed by atoms with E-state index in [2.05, 4.69) is 24.1 Å². The predicted octanol–water partition coefficient (Wildman–Crippen LogP) is 1.22. The Bertz CT molecular complexity index is 236. The van der Waals surface area contributed by atoms with Gasteiger partial charge in [-0.05, 0) is 19.3 Å². The number of rotatable bonds is 1. The van der Waals surface area contributed by atoms with E-state index in [9.17, 15) is 0 Å². The van der Waals surface area contributed by atoms with E-state index >= 15 is 0 Å². The molecular weight excluding hydrogens is 164 g/mol. The first-order valence-corrected chi connectivity index (χ1v) is 4.68. The van der Waals surface area contributed by atoms with E-state index in [0.717, 1.165) is 12.1 Å². The Kier molecular flexibility index (Phi) is 2.90. The highest BCUT2D eigenvalue weighted by Crippen LogP contribution is 2.32. The number of hydrogen-bond donors (Lipinski definition) is 2. The van der Waals surface area contributed by atoms with Gasteiger partial charge in [-0.25, -0.2) is 0 Å². The second-order valence-electron chi connectivity index (χ2n) is 4.16. The maximum Gasteiger partial charge on any atom is 0.211 e. The molecular formula is C9H18N4. The van der Waals surface area contributed by atoms with Crippen LogP contribution in [-0.4, -0.2) is 11.7 Å². The van der Waals surface area contributed by atoms with Crippen LogP contribution in [0.25, 0.3) is 0 Å². The lowest BCUT2D eigenvalue weighted by atomic mass is 9.76. The summed E-state index contributed by atoms with van der Waals surface area (Å²) in [5.74, 6) is 0.0360. The molecule has 0 aromatic carbocycles. The molecule has 0 atom stereocenters. The standard InChI is InChI=1S/C9H18N4/c1-9(2)6-4-3-5-7(9)12-13-8(10)11/h3-6H2,1-2H3,(H4,10,11,13)/b12-7+. The third kappa shape index (κ3) is 2.72. The molecule has 0 radical (unpaired) electrons. The smallest absolute Gasteiger partial charge is 0.211 e. The van der Waals surface area contributed by atoms with Crippen molar-refractivity contribution >= 4 is 11.7 Å². The van der Waals surface area contributed by atoms with Crippen LogP contribution >= 0.6 is 0 Å². The van der Waals surface area contributed by atoms with Crippen molar-refractivity contribution < 1.29 is 0 Å². The van der Waals surface area contributed by atoms with Gasteiger partial charge in [0.2, 0.25) is 5.96 Å². The molecule has 0 aromatic heterocycles. The fraction of sp³-hybridized carbons (Fsp3) is 0.778. The molecule has 0 spiro atoms. The molecule has 0 saturated heterocycles. The highest BCUT2D eigenvalue weighted by Gasteiger charge is 2.28. The second-order valence-corrected chi connectivity index (χ2v) is 4.16. The second kappa shape index (κ2) is 3.77. The van der Waals surface area contributed by atoms with Gasteiger partial charge in [0.05, 0.1) is 0 Å². The summed E-state index contributed by atoms with van der Waals surface area (Å²) in [6.45, 7) is 4.38. The molecule has 74 valence electrons. The first kappa shape index (κ1) is 10.0. The summed E-state index contributed by atoms with van der Waals surface area (Å²) < 4.78 is 0. The van der Waals surface area contributed by atoms with Crippen LogP contribution < -0.4 is 11.5 Å². The summed E-state index contributed by atoms with van der Waals surface area (Å²) in [5, 5.41) is 7.79. The summed E-state index contributed by atoms with van der Waals surface area (Å²) >= 11 is 0. The summed E-state index contributed by atoms with van der Waals surface area (Å²) in [6.07, 6.45) is 4.66. The van der Waals surface area contributed by atoms with Crippen LogP contribution in [0, 0.1) is 5.41 Å². The molecule has 1 aliphatic carbocycles. The van der Waals surface area contributed by atoms with Gasteiger partial charge in [0.25, 0.3) is 0 Å². The van der Waals surface area contributed by atoms with Crippen LogP contribution in [-0.2, 0) is 0 Å². The van der Waals surface area contributed by atoms with E-state index in [4.69, 9.17) is 11.5 Å². The van der Waals surface area contributed by atoms with E-state index in [1.807, 2.05) is 0 Å². The van der Waals surface area contributed by atoms with Gasteiger partial charge < -0.3 is 11.5 Å². The number of hydrogen-bond acceptors (Lipinski definition) is 2. The molecule has 0 unspecified atom stereocenters. The first-order valence-electron chi connectivity index (χ1n) is 4.68. The van der Waals surface area contributed by atoms with Gasteiger partial charge in [0.1, 0.15) is 0 Å². The van der Waals surface area contributed by atoms with Gasteiger partial charge in [-0.2, -0.15) is 5.10 Å². The van der Waals surface area contributed by atoms with Crippen LogP contribution in [0.5, 0.6) is 0 Å². The molecule has 0 bridgehead atoms. The van der Waals surface area contributed by atoms with E-state index < -0.39 is 0 Å². The minimum absolute atomic E-state index is 0.0360. The molecule has 1 aliphatic rings.